The summed E-state index contributed by atoms with van der Waals surface area (Å²) in [4.78, 5) is 13.8. The predicted molar refractivity (Wildman–Crippen MR) is 60.6 cm³/mol. The van der Waals surface area contributed by atoms with Crippen LogP contribution in [0, 0.1) is 11.3 Å². The van der Waals surface area contributed by atoms with E-state index in [0.717, 1.165) is 19.4 Å². The molecule has 1 rings (SSSR count). The summed E-state index contributed by atoms with van der Waals surface area (Å²) in [5.41, 5.74) is -0.457. The van der Waals surface area contributed by atoms with Crippen LogP contribution < -0.4 is 0 Å². The van der Waals surface area contributed by atoms with E-state index in [2.05, 4.69) is 6.07 Å². The zero-order valence-electron chi connectivity index (χ0n) is 10.5. The molecule has 1 aliphatic rings. The molecule has 0 aromatic rings. The van der Waals surface area contributed by atoms with Crippen molar-refractivity contribution in [1.29, 1.82) is 5.26 Å². The van der Waals surface area contributed by atoms with E-state index < -0.39 is 5.60 Å². The Hall–Kier alpha value is -1.08. The summed E-state index contributed by atoms with van der Waals surface area (Å²) in [6.45, 7) is 8.20. The molecule has 0 aromatic heterocycles. The molecule has 0 saturated carbocycles. The first kappa shape index (κ1) is 13.0. The van der Waals surface area contributed by atoms with E-state index >= 15 is 0 Å². The van der Waals surface area contributed by atoms with Crippen molar-refractivity contribution >= 4 is 5.97 Å². The highest BCUT2D eigenvalue weighted by atomic mass is 16.6. The highest BCUT2D eigenvalue weighted by Crippen LogP contribution is 2.22. The van der Waals surface area contributed by atoms with Gasteiger partial charge in [0.1, 0.15) is 11.6 Å². The van der Waals surface area contributed by atoms with E-state index in [-0.39, 0.29) is 18.1 Å². The summed E-state index contributed by atoms with van der Waals surface area (Å²) in [6.07, 6.45) is 1.75. The number of ether oxygens (including phenoxy) is 1. The van der Waals surface area contributed by atoms with Gasteiger partial charge in [-0.2, -0.15) is 5.26 Å². The second-order valence-corrected chi connectivity index (χ2v) is 5.23. The third kappa shape index (κ3) is 3.21. The molecule has 1 aliphatic heterocycles. The van der Waals surface area contributed by atoms with E-state index in [1.807, 2.05) is 32.6 Å². The van der Waals surface area contributed by atoms with Gasteiger partial charge >= 0.3 is 5.97 Å². The van der Waals surface area contributed by atoms with Crippen molar-refractivity contribution in [3.63, 3.8) is 0 Å². The number of carbonyl (C=O) groups excluding carboxylic acids is 1. The molecule has 90 valence electrons. The number of carbonyl (C=O) groups is 1. The van der Waals surface area contributed by atoms with Gasteiger partial charge in [-0.3, -0.25) is 9.69 Å². The lowest BCUT2D eigenvalue weighted by Crippen LogP contribution is -2.44. The minimum Gasteiger partial charge on any atom is -0.459 e. The average Bonchev–Trinajstić information content (AvgIpc) is 2.62. The van der Waals surface area contributed by atoms with Gasteiger partial charge in [-0.1, -0.05) is 0 Å². The Bertz CT molecular complexity index is 301. The Morgan fingerprint density at radius 2 is 2.19 bits per heavy atom. The first-order chi connectivity index (χ1) is 7.35. The van der Waals surface area contributed by atoms with Crippen molar-refractivity contribution in [2.24, 2.45) is 0 Å². The van der Waals surface area contributed by atoms with Gasteiger partial charge in [0.15, 0.2) is 0 Å². The molecule has 1 heterocycles. The van der Waals surface area contributed by atoms with Crippen molar-refractivity contribution in [3.8, 4) is 6.07 Å². The van der Waals surface area contributed by atoms with E-state index in [4.69, 9.17) is 10.00 Å². The molecule has 0 radical (unpaired) electrons. The van der Waals surface area contributed by atoms with Crippen molar-refractivity contribution in [2.45, 2.75) is 58.2 Å². The first-order valence-electron chi connectivity index (χ1n) is 5.73. The summed E-state index contributed by atoms with van der Waals surface area (Å²) >= 11 is 0. The van der Waals surface area contributed by atoms with Crippen LogP contribution in [0.4, 0.5) is 0 Å². The van der Waals surface area contributed by atoms with E-state index in [1.165, 1.54) is 0 Å². The second kappa shape index (κ2) is 4.84. The Balaban J connectivity index is 2.65. The molecule has 0 aromatic carbocycles. The molecule has 0 amide bonds. The van der Waals surface area contributed by atoms with Crippen LogP contribution in [0.1, 0.15) is 40.5 Å². The minimum atomic E-state index is -0.457. The van der Waals surface area contributed by atoms with Crippen LogP contribution in [0.3, 0.4) is 0 Å². The molecule has 0 N–H and O–H groups in total. The third-order valence-electron chi connectivity index (χ3n) is 2.66. The second-order valence-electron chi connectivity index (χ2n) is 5.23. The largest absolute Gasteiger partial charge is 0.459 e. The van der Waals surface area contributed by atoms with Crippen molar-refractivity contribution in [1.82, 2.24) is 4.90 Å². The van der Waals surface area contributed by atoms with Crippen LogP contribution in [-0.2, 0) is 9.53 Å². The van der Waals surface area contributed by atoms with Crippen LogP contribution in [0.2, 0.25) is 0 Å². The van der Waals surface area contributed by atoms with Gasteiger partial charge in [-0.15, -0.1) is 0 Å². The molecule has 0 aliphatic carbocycles. The number of esters is 1. The monoisotopic (exact) mass is 224 g/mol. The van der Waals surface area contributed by atoms with E-state index in [1.54, 1.807) is 0 Å². The summed E-state index contributed by atoms with van der Waals surface area (Å²) in [5.74, 6) is -0.202. The molecular weight excluding hydrogens is 204 g/mol. The zero-order chi connectivity index (χ0) is 12.3. The maximum absolute atomic E-state index is 11.9. The average molecular weight is 224 g/mol. The Morgan fingerprint density at radius 3 is 2.69 bits per heavy atom. The summed E-state index contributed by atoms with van der Waals surface area (Å²) in [7, 11) is 0. The van der Waals surface area contributed by atoms with Crippen LogP contribution >= 0.6 is 0 Å². The summed E-state index contributed by atoms with van der Waals surface area (Å²) in [6, 6.07) is 1.71. The van der Waals surface area contributed by atoms with Crippen LogP contribution in [0.25, 0.3) is 0 Å². The van der Waals surface area contributed by atoms with Gasteiger partial charge in [-0.05, 0) is 40.5 Å². The minimum absolute atomic E-state index is 0.202. The quantitative estimate of drug-likeness (QED) is 0.670. The van der Waals surface area contributed by atoms with Crippen molar-refractivity contribution in [2.75, 3.05) is 6.54 Å². The summed E-state index contributed by atoms with van der Waals surface area (Å²) < 4.78 is 5.36. The van der Waals surface area contributed by atoms with Crippen molar-refractivity contribution < 1.29 is 9.53 Å². The van der Waals surface area contributed by atoms with Gasteiger partial charge in [0, 0.05) is 6.54 Å². The topological polar surface area (TPSA) is 53.3 Å². The summed E-state index contributed by atoms with van der Waals surface area (Å²) in [5, 5.41) is 8.88. The van der Waals surface area contributed by atoms with Gasteiger partial charge in [-0.25, -0.2) is 0 Å². The fourth-order valence-electron chi connectivity index (χ4n) is 1.95. The van der Waals surface area contributed by atoms with Crippen LogP contribution in [-0.4, -0.2) is 35.1 Å². The lowest BCUT2D eigenvalue weighted by atomic mass is 10.1. The maximum atomic E-state index is 11.9. The van der Waals surface area contributed by atoms with Crippen LogP contribution in [0.5, 0.6) is 0 Å². The van der Waals surface area contributed by atoms with Crippen LogP contribution in [0.15, 0.2) is 0 Å². The van der Waals surface area contributed by atoms with Gasteiger partial charge in [0.25, 0.3) is 0 Å². The van der Waals surface area contributed by atoms with Gasteiger partial charge in [0.05, 0.1) is 12.1 Å². The standard InChI is InChI=1S/C12H20N2O2/c1-9(8-13)14-7-5-6-10(14)11(15)16-12(2,3)4/h9-10H,5-7H2,1-4H3/t9?,10-/m1/s1. The smallest absolute Gasteiger partial charge is 0.323 e. The zero-order valence-corrected chi connectivity index (χ0v) is 10.5. The Morgan fingerprint density at radius 1 is 1.56 bits per heavy atom. The lowest BCUT2D eigenvalue weighted by Gasteiger charge is -2.28. The SMILES string of the molecule is CC(C#N)N1CCC[C@@H]1C(=O)OC(C)(C)C. The van der Waals surface area contributed by atoms with Crippen molar-refractivity contribution in [3.05, 3.63) is 0 Å². The number of hydrogen-bond acceptors (Lipinski definition) is 4. The molecule has 1 unspecified atom stereocenters. The van der Waals surface area contributed by atoms with Gasteiger partial charge in [0.2, 0.25) is 0 Å². The maximum Gasteiger partial charge on any atom is 0.323 e. The highest BCUT2D eigenvalue weighted by molar-refractivity contribution is 5.76. The third-order valence-corrected chi connectivity index (χ3v) is 2.66. The van der Waals surface area contributed by atoms with E-state index in [9.17, 15) is 4.79 Å². The molecule has 1 saturated heterocycles. The number of nitrogens with zero attached hydrogens (tertiary/aromatic N) is 2. The molecule has 0 bridgehead atoms. The fourth-order valence-corrected chi connectivity index (χ4v) is 1.95. The molecule has 2 atom stereocenters. The van der Waals surface area contributed by atoms with E-state index in [0.29, 0.717) is 0 Å². The predicted octanol–water partition coefficient (Wildman–Crippen LogP) is 1.70. The first-order valence-corrected chi connectivity index (χ1v) is 5.73. The molecule has 0 spiro atoms. The number of nitriles is 1. The molecule has 1 fully saturated rings. The highest BCUT2D eigenvalue weighted by Gasteiger charge is 2.36. The number of likely N-dealkylation sites (tertiary alicyclic amines) is 1. The molecule has 4 heteroatoms. The molecule has 16 heavy (non-hydrogen) atoms. The number of rotatable bonds is 2. The lowest BCUT2D eigenvalue weighted by molar-refractivity contribution is -0.160. The normalized spacial score (nSPS) is 23.8. The Labute approximate surface area is 97.2 Å². The fraction of sp³-hybridized carbons (Fsp3) is 0.833. The van der Waals surface area contributed by atoms with Gasteiger partial charge < -0.3 is 4.74 Å². The molecular formula is C12H20N2O2. The Kier molecular flexibility index (Phi) is 3.93. The molecule has 4 nitrogen and oxygen atoms in total. The number of hydrogen-bond donors (Lipinski definition) is 0.